The van der Waals surface area contributed by atoms with Crippen LogP contribution in [0.15, 0.2) is 42.5 Å². The minimum atomic E-state index is -3.41. The van der Waals surface area contributed by atoms with Crippen molar-refractivity contribution in [2.45, 2.75) is 19.2 Å². The molecule has 2 aromatic carbocycles. The zero-order chi connectivity index (χ0) is 22.6. The molecule has 10 heteroatoms. The van der Waals surface area contributed by atoms with Crippen molar-refractivity contribution in [3.63, 3.8) is 0 Å². The number of morpholine rings is 1. The molecule has 0 unspecified atom stereocenters. The van der Waals surface area contributed by atoms with E-state index in [9.17, 15) is 22.0 Å². The summed E-state index contributed by atoms with van der Waals surface area (Å²) in [6, 6.07) is 10.5. The summed E-state index contributed by atoms with van der Waals surface area (Å²) in [6.07, 6.45) is 0.660. The average Bonchev–Trinajstić information content (AvgIpc) is 2.69. The van der Waals surface area contributed by atoms with E-state index in [4.69, 9.17) is 4.74 Å². The van der Waals surface area contributed by atoms with Crippen LogP contribution in [0.5, 0.6) is 0 Å². The normalized spacial score (nSPS) is 17.4. The van der Waals surface area contributed by atoms with Gasteiger partial charge in [0, 0.05) is 32.4 Å². The van der Waals surface area contributed by atoms with Gasteiger partial charge in [0.25, 0.3) is 0 Å². The second-order valence-corrected chi connectivity index (χ2v) is 9.31. The first-order chi connectivity index (χ1) is 14.6. The molecule has 31 heavy (non-hydrogen) atoms. The van der Waals surface area contributed by atoms with Gasteiger partial charge < -0.3 is 9.64 Å². The lowest BCUT2D eigenvalue weighted by atomic mass is 10.1. The van der Waals surface area contributed by atoms with Gasteiger partial charge in [0.2, 0.25) is 15.9 Å². The van der Waals surface area contributed by atoms with Crippen LogP contribution in [-0.2, 0) is 32.5 Å². The molecule has 0 saturated carbocycles. The van der Waals surface area contributed by atoms with Gasteiger partial charge in [-0.2, -0.15) is 0 Å². The molecule has 0 spiro atoms. The molecule has 1 saturated heterocycles. The van der Waals surface area contributed by atoms with Gasteiger partial charge in [-0.1, -0.05) is 18.2 Å². The summed E-state index contributed by atoms with van der Waals surface area (Å²) >= 11 is 0. The standard InChI is InChI=1S/C21H25F2N3O4S/c1-25(20(27)12-15-4-3-5-17(10-15)24-31(2,28)29)21-14-26(8-9-30-21)13-16-6-7-18(22)19(23)11-16/h3-7,10-11,21,24H,8-9,12-14H2,1-2H3/t21-/m0/s1. The zero-order valence-corrected chi connectivity index (χ0v) is 18.2. The Hall–Kier alpha value is -2.56. The van der Waals surface area contributed by atoms with E-state index >= 15 is 0 Å². The van der Waals surface area contributed by atoms with E-state index < -0.39 is 27.9 Å². The van der Waals surface area contributed by atoms with Gasteiger partial charge >= 0.3 is 0 Å². The number of anilines is 1. The highest BCUT2D eigenvalue weighted by molar-refractivity contribution is 7.92. The molecule has 0 bridgehead atoms. The summed E-state index contributed by atoms with van der Waals surface area (Å²) in [6.45, 7) is 1.85. The van der Waals surface area contributed by atoms with Gasteiger partial charge in [-0.05, 0) is 35.4 Å². The van der Waals surface area contributed by atoms with Crippen LogP contribution in [0.1, 0.15) is 11.1 Å². The van der Waals surface area contributed by atoms with Gasteiger partial charge in [0.15, 0.2) is 11.6 Å². The molecular formula is C21H25F2N3O4S. The smallest absolute Gasteiger partial charge is 0.229 e. The topological polar surface area (TPSA) is 79.0 Å². The average molecular weight is 454 g/mol. The highest BCUT2D eigenvalue weighted by Crippen LogP contribution is 2.17. The molecule has 0 radical (unpaired) electrons. The van der Waals surface area contributed by atoms with Crippen LogP contribution < -0.4 is 4.72 Å². The van der Waals surface area contributed by atoms with Gasteiger partial charge in [0.1, 0.15) is 6.23 Å². The maximum Gasteiger partial charge on any atom is 0.229 e. The minimum absolute atomic E-state index is 0.0822. The van der Waals surface area contributed by atoms with Gasteiger partial charge in [-0.15, -0.1) is 0 Å². The fraction of sp³-hybridized carbons (Fsp3) is 0.381. The minimum Gasteiger partial charge on any atom is -0.356 e. The Morgan fingerprint density at radius 2 is 1.97 bits per heavy atom. The lowest BCUT2D eigenvalue weighted by molar-refractivity contribution is -0.152. The molecule has 1 N–H and O–H groups in total. The number of carbonyl (C=O) groups is 1. The summed E-state index contributed by atoms with van der Waals surface area (Å²) in [7, 11) is -1.76. The third-order valence-corrected chi connectivity index (χ3v) is 5.54. The van der Waals surface area contributed by atoms with Crippen molar-refractivity contribution in [1.29, 1.82) is 0 Å². The Bertz CT molecular complexity index is 1050. The third-order valence-electron chi connectivity index (χ3n) is 4.93. The molecule has 1 aliphatic rings. The van der Waals surface area contributed by atoms with Crippen LogP contribution >= 0.6 is 0 Å². The molecule has 2 aromatic rings. The third kappa shape index (κ3) is 6.71. The van der Waals surface area contributed by atoms with Crippen LogP contribution in [0.25, 0.3) is 0 Å². The van der Waals surface area contributed by atoms with Crippen molar-refractivity contribution in [3.05, 3.63) is 65.2 Å². The second-order valence-electron chi connectivity index (χ2n) is 7.57. The summed E-state index contributed by atoms with van der Waals surface area (Å²) in [5.41, 5.74) is 1.70. The Morgan fingerprint density at radius 3 is 2.68 bits per heavy atom. The predicted molar refractivity (Wildman–Crippen MR) is 113 cm³/mol. The van der Waals surface area contributed by atoms with Crippen molar-refractivity contribution in [3.8, 4) is 0 Å². The van der Waals surface area contributed by atoms with Crippen molar-refractivity contribution in [1.82, 2.24) is 9.80 Å². The number of hydrogen-bond acceptors (Lipinski definition) is 5. The maximum absolute atomic E-state index is 13.5. The number of ether oxygens (including phenoxy) is 1. The first-order valence-corrected chi connectivity index (χ1v) is 11.6. The number of likely N-dealkylation sites (N-methyl/N-ethyl adjacent to an activating group) is 1. The number of rotatable bonds is 7. The molecule has 3 rings (SSSR count). The number of nitrogens with zero attached hydrogens (tertiary/aromatic N) is 2. The lowest BCUT2D eigenvalue weighted by Crippen LogP contribution is -2.51. The lowest BCUT2D eigenvalue weighted by Gasteiger charge is -2.37. The quantitative estimate of drug-likeness (QED) is 0.696. The number of carbonyl (C=O) groups excluding carboxylic acids is 1. The zero-order valence-electron chi connectivity index (χ0n) is 17.3. The van der Waals surface area contributed by atoms with E-state index in [0.717, 1.165) is 12.3 Å². The number of nitrogens with one attached hydrogen (secondary N) is 1. The van der Waals surface area contributed by atoms with Crippen molar-refractivity contribution >= 4 is 21.6 Å². The first kappa shape index (κ1) is 23.1. The Morgan fingerprint density at radius 1 is 1.19 bits per heavy atom. The molecule has 0 aliphatic carbocycles. The van der Waals surface area contributed by atoms with E-state index in [1.54, 1.807) is 31.3 Å². The van der Waals surface area contributed by atoms with E-state index in [0.29, 0.717) is 43.1 Å². The van der Waals surface area contributed by atoms with Crippen LogP contribution in [0, 0.1) is 11.6 Å². The molecule has 1 aliphatic heterocycles. The monoisotopic (exact) mass is 453 g/mol. The van der Waals surface area contributed by atoms with E-state index in [1.165, 1.54) is 17.0 Å². The molecule has 0 aromatic heterocycles. The van der Waals surface area contributed by atoms with Crippen LogP contribution in [0.2, 0.25) is 0 Å². The summed E-state index contributed by atoms with van der Waals surface area (Å²) in [4.78, 5) is 16.3. The largest absolute Gasteiger partial charge is 0.356 e. The highest BCUT2D eigenvalue weighted by Gasteiger charge is 2.27. The van der Waals surface area contributed by atoms with E-state index in [2.05, 4.69) is 4.72 Å². The van der Waals surface area contributed by atoms with Gasteiger partial charge in [-0.3, -0.25) is 14.4 Å². The maximum atomic E-state index is 13.5. The molecule has 1 amide bonds. The molecule has 7 nitrogen and oxygen atoms in total. The summed E-state index contributed by atoms with van der Waals surface area (Å²) in [5, 5.41) is 0. The SMILES string of the molecule is CN(C(=O)Cc1cccc(NS(C)(=O)=O)c1)[C@@H]1CN(Cc2ccc(F)c(F)c2)CCO1. The van der Waals surface area contributed by atoms with Gasteiger partial charge in [0.05, 0.1) is 19.3 Å². The van der Waals surface area contributed by atoms with Crippen molar-refractivity contribution < 1.29 is 26.7 Å². The molecule has 168 valence electrons. The fourth-order valence-corrected chi connectivity index (χ4v) is 3.93. The first-order valence-electron chi connectivity index (χ1n) is 9.71. The van der Waals surface area contributed by atoms with Crippen molar-refractivity contribution in [2.75, 3.05) is 37.7 Å². The second kappa shape index (κ2) is 9.71. The van der Waals surface area contributed by atoms with Crippen LogP contribution in [0.3, 0.4) is 0 Å². The summed E-state index contributed by atoms with van der Waals surface area (Å²) in [5.74, 6) is -1.96. The number of halogens is 2. The van der Waals surface area contributed by atoms with Crippen LogP contribution in [-0.4, -0.2) is 63.4 Å². The van der Waals surface area contributed by atoms with Crippen molar-refractivity contribution in [2.24, 2.45) is 0 Å². The van der Waals surface area contributed by atoms with E-state index in [-0.39, 0.29) is 12.3 Å². The molecule has 1 heterocycles. The molecular weight excluding hydrogens is 428 g/mol. The number of hydrogen-bond donors (Lipinski definition) is 1. The summed E-state index contributed by atoms with van der Waals surface area (Å²) < 4.78 is 57.5. The highest BCUT2D eigenvalue weighted by atomic mass is 32.2. The number of benzene rings is 2. The molecule has 1 atom stereocenters. The predicted octanol–water partition coefficient (Wildman–Crippen LogP) is 2.20. The van der Waals surface area contributed by atoms with Crippen LogP contribution in [0.4, 0.5) is 14.5 Å². The van der Waals surface area contributed by atoms with E-state index in [1.807, 2.05) is 4.90 Å². The van der Waals surface area contributed by atoms with Gasteiger partial charge in [-0.25, -0.2) is 17.2 Å². The Balaban J connectivity index is 1.60. The number of sulfonamides is 1. The fourth-order valence-electron chi connectivity index (χ4n) is 3.38. The Labute approximate surface area is 180 Å². The Kier molecular flexibility index (Phi) is 7.24. The molecule has 1 fully saturated rings. The number of amides is 1.